The standard InChI is InChI=1S/C23H21ClF6N4O3/c1-21(14-9-31-11-32-10-14,20(36)33-17-7-13-6-12(17)8-22(13,26)27)34(19(35)18(24)25)15-2-4-16(5-3-15)37-23(28,29)30/h2-5,9-13,17-18H,6-8H2,1H3,(H,33,36)/t12?,13?,17-,18-,21-/m0/s1. The number of halogens is 7. The Bertz CT molecular complexity index is 1150. The van der Waals surface area contributed by atoms with Gasteiger partial charge in [0.25, 0.3) is 23.4 Å². The zero-order valence-electron chi connectivity index (χ0n) is 19.2. The molecular formula is C23H21ClF6N4O3. The number of amides is 2. The third-order valence-corrected chi connectivity index (χ3v) is 7.08. The number of hydrogen-bond donors (Lipinski definition) is 1. The van der Waals surface area contributed by atoms with E-state index in [0.29, 0.717) is 4.90 Å². The van der Waals surface area contributed by atoms with Crippen LogP contribution in [-0.2, 0) is 15.1 Å². The summed E-state index contributed by atoms with van der Waals surface area (Å²) in [5.74, 6) is -7.10. The van der Waals surface area contributed by atoms with Gasteiger partial charge in [0, 0.05) is 42.0 Å². The van der Waals surface area contributed by atoms with E-state index in [1.165, 1.54) is 19.3 Å². The van der Waals surface area contributed by atoms with Crippen molar-refractivity contribution in [2.45, 2.75) is 55.7 Å². The molecule has 1 aromatic carbocycles. The van der Waals surface area contributed by atoms with E-state index >= 15 is 0 Å². The van der Waals surface area contributed by atoms with Crippen LogP contribution in [0.4, 0.5) is 32.0 Å². The molecule has 2 saturated carbocycles. The Balaban J connectivity index is 1.73. The van der Waals surface area contributed by atoms with Crippen LogP contribution in [0.3, 0.4) is 0 Å². The van der Waals surface area contributed by atoms with E-state index < -0.39 is 65.3 Å². The van der Waals surface area contributed by atoms with Crippen molar-refractivity contribution in [2.75, 3.05) is 4.90 Å². The molecule has 0 radical (unpaired) electrons. The number of hydrogen-bond acceptors (Lipinski definition) is 5. The molecule has 37 heavy (non-hydrogen) atoms. The molecule has 2 aliphatic carbocycles. The minimum Gasteiger partial charge on any atom is -0.406 e. The molecule has 2 aromatic rings. The van der Waals surface area contributed by atoms with Gasteiger partial charge >= 0.3 is 6.36 Å². The van der Waals surface area contributed by atoms with Crippen molar-refractivity contribution < 1.29 is 40.7 Å². The lowest BCUT2D eigenvalue weighted by Crippen LogP contribution is -2.60. The monoisotopic (exact) mass is 550 g/mol. The van der Waals surface area contributed by atoms with Gasteiger partial charge in [-0.25, -0.2) is 23.1 Å². The summed E-state index contributed by atoms with van der Waals surface area (Å²) >= 11 is 5.46. The third kappa shape index (κ3) is 5.32. The van der Waals surface area contributed by atoms with Crippen molar-refractivity contribution >= 4 is 29.1 Å². The largest absolute Gasteiger partial charge is 0.573 e. The minimum absolute atomic E-state index is 0.0160. The molecule has 2 unspecified atom stereocenters. The van der Waals surface area contributed by atoms with Crippen molar-refractivity contribution in [1.29, 1.82) is 0 Å². The zero-order valence-corrected chi connectivity index (χ0v) is 19.9. The first kappa shape index (κ1) is 27.0. The minimum atomic E-state index is -4.98. The van der Waals surface area contributed by atoms with Crippen LogP contribution in [0.2, 0.25) is 0 Å². The Morgan fingerprint density at radius 2 is 1.78 bits per heavy atom. The van der Waals surface area contributed by atoms with Gasteiger partial charge in [0.2, 0.25) is 0 Å². The van der Waals surface area contributed by atoms with Crippen LogP contribution < -0.4 is 15.0 Å². The van der Waals surface area contributed by atoms with E-state index in [1.54, 1.807) is 0 Å². The molecule has 4 rings (SSSR count). The third-order valence-electron chi connectivity index (χ3n) is 6.89. The van der Waals surface area contributed by atoms with Gasteiger partial charge in [-0.2, -0.15) is 0 Å². The van der Waals surface area contributed by atoms with Crippen molar-refractivity contribution in [3.8, 4) is 5.75 Å². The highest BCUT2D eigenvalue weighted by molar-refractivity contribution is 6.32. The fourth-order valence-corrected chi connectivity index (χ4v) is 5.21. The molecule has 2 bridgehead atoms. The first-order chi connectivity index (χ1) is 17.2. The molecule has 1 heterocycles. The van der Waals surface area contributed by atoms with Gasteiger partial charge in [-0.05, 0) is 49.9 Å². The van der Waals surface area contributed by atoms with Gasteiger partial charge < -0.3 is 10.1 Å². The van der Waals surface area contributed by atoms with Crippen LogP contribution in [-0.4, -0.2) is 45.7 Å². The van der Waals surface area contributed by atoms with Gasteiger partial charge in [0.15, 0.2) is 5.54 Å². The summed E-state index contributed by atoms with van der Waals surface area (Å²) < 4.78 is 83.8. The van der Waals surface area contributed by atoms with Crippen LogP contribution in [0.15, 0.2) is 43.0 Å². The topological polar surface area (TPSA) is 84.4 Å². The molecule has 200 valence electrons. The number of rotatable bonds is 7. The van der Waals surface area contributed by atoms with Crippen molar-refractivity contribution in [2.24, 2.45) is 11.8 Å². The summed E-state index contributed by atoms with van der Waals surface area (Å²) in [7, 11) is 0. The molecular weight excluding hydrogens is 530 g/mol. The van der Waals surface area contributed by atoms with Crippen LogP contribution >= 0.6 is 11.6 Å². The fourth-order valence-electron chi connectivity index (χ4n) is 5.11. The summed E-state index contributed by atoms with van der Waals surface area (Å²) in [5.41, 5.74) is -4.89. The number of benzene rings is 1. The number of fused-ring (bicyclic) bond motifs is 2. The first-order valence-electron chi connectivity index (χ1n) is 11.1. The molecule has 1 N–H and O–H groups in total. The lowest BCUT2D eigenvalue weighted by Gasteiger charge is -2.41. The maximum absolute atomic E-state index is 14.2. The number of nitrogens with zero attached hydrogens (tertiary/aromatic N) is 3. The van der Waals surface area contributed by atoms with E-state index in [1.807, 2.05) is 0 Å². The SMILES string of the molecule is C[C@@](C(=O)N[C@H]1CC2CC1CC2(F)F)(c1cncnc1)N(C(=O)[C@H](F)Cl)c1ccc(OC(F)(F)F)cc1. The Morgan fingerprint density at radius 1 is 1.16 bits per heavy atom. The van der Waals surface area contributed by atoms with Gasteiger partial charge in [0.05, 0.1) is 0 Å². The van der Waals surface area contributed by atoms with Crippen LogP contribution in [0.1, 0.15) is 31.7 Å². The number of aromatic nitrogens is 2. The molecule has 0 saturated heterocycles. The highest BCUT2D eigenvalue weighted by atomic mass is 35.5. The Morgan fingerprint density at radius 3 is 2.27 bits per heavy atom. The fraction of sp³-hybridized carbons (Fsp3) is 0.478. The lowest BCUT2D eigenvalue weighted by molar-refractivity contribution is -0.274. The lowest BCUT2D eigenvalue weighted by atomic mass is 9.87. The van der Waals surface area contributed by atoms with Crippen molar-refractivity contribution in [3.63, 3.8) is 0 Å². The Labute approximate surface area is 212 Å². The normalized spacial score (nSPS) is 24.7. The quantitative estimate of drug-likeness (QED) is 0.399. The van der Waals surface area contributed by atoms with E-state index in [4.69, 9.17) is 11.6 Å². The highest BCUT2D eigenvalue weighted by Gasteiger charge is 2.58. The predicted octanol–water partition coefficient (Wildman–Crippen LogP) is 4.71. The Kier molecular flexibility index (Phi) is 7.04. The molecule has 1 aromatic heterocycles. The average Bonchev–Trinajstić information content (AvgIpc) is 3.35. The maximum atomic E-state index is 14.2. The zero-order chi connectivity index (χ0) is 27.2. The van der Waals surface area contributed by atoms with Gasteiger partial charge in [-0.15, -0.1) is 13.2 Å². The number of carbonyl (C=O) groups excluding carboxylic acids is 2. The molecule has 2 amide bonds. The van der Waals surface area contributed by atoms with E-state index in [9.17, 15) is 35.9 Å². The number of alkyl halides is 7. The molecule has 0 aliphatic heterocycles. The number of ether oxygens (including phenoxy) is 1. The summed E-state index contributed by atoms with van der Waals surface area (Å²) in [6.07, 6.45) is -1.59. The number of anilines is 1. The smallest absolute Gasteiger partial charge is 0.406 e. The summed E-state index contributed by atoms with van der Waals surface area (Å²) in [6.45, 7) is 1.25. The second-order valence-corrected chi connectivity index (χ2v) is 9.57. The molecule has 7 nitrogen and oxygen atoms in total. The van der Waals surface area contributed by atoms with Gasteiger partial charge in [-0.1, -0.05) is 11.6 Å². The van der Waals surface area contributed by atoms with Crippen LogP contribution in [0.5, 0.6) is 5.75 Å². The molecule has 2 aliphatic rings. The second-order valence-electron chi connectivity index (χ2n) is 9.19. The maximum Gasteiger partial charge on any atom is 0.573 e. The van der Waals surface area contributed by atoms with Crippen molar-refractivity contribution in [3.05, 3.63) is 48.5 Å². The molecule has 14 heteroatoms. The molecule has 2 fully saturated rings. The average molecular weight is 551 g/mol. The Hall–Kier alpha value is -3.09. The van der Waals surface area contributed by atoms with Crippen LogP contribution in [0, 0.1) is 11.8 Å². The first-order valence-corrected chi connectivity index (χ1v) is 11.6. The molecule has 5 atom stereocenters. The van der Waals surface area contributed by atoms with Gasteiger partial charge in [0.1, 0.15) is 12.1 Å². The second kappa shape index (κ2) is 9.66. The van der Waals surface area contributed by atoms with E-state index in [2.05, 4.69) is 20.0 Å². The predicted molar refractivity (Wildman–Crippen MR) is 118 cm³/mol. The summed E-state index contributed by atoms with van der Waals surface area (Å²) in [5, 5.41) is 2.71. The van der Waals surface area contributed by atoms with Crippen molar-refractivity contribution in [1.82, 2.24) is 15.3 Å². The molecule has 0 spiro atoms. The number of nitrogens with one attached hydrogen (secondary N) is 1. The number of carbonyl (C=O) groups is 2. The van der Waals surface area contributed by atoms with Gasteiger partial charge in [-0.3, -0.25) is 14.5 Å². The van der Waals surface area contributed by atoms with E-state index in [0.717, 1.165) is 30.6 Å². The summed E-state index contributed by atoms with van der Waals surface area (Å²) in [6, 6.07) is 3.17. The summed E-state index contributed by atoms with van der Waals surface area (Å²) in [4.78, 5) is 35.2. The highest BCUT2D eigenvalue weighted by Crippen LogP contribution is 2.53. The van der Waals surface area contributed by atoms with Crippen LogP contribution in [0.25, 0.3) is 0 Å². The van der Waals surface area contributed by atoms with E-state index in [-0.39, 0.29) is 24.1 Å².